The molecule has 0 amide bonds. The van der Waals surface area contributed by atoms with Crippen LogP contribution >= 0.6 is 0 Å². The van der Waals surface area contributed by atoms with E-state index in [1.165, 1.54) is 0 Å². The maximum absolute atomic E-state index is 5.13. The van der Waals surface area contributed by atoms with Crippen LogP contribution in [0.4, 0.5) is 17.3 Å². The summed E-state index contributed by atoms with van der Waals surface area (Å²) in [6.07, 6.45) is 4.06. The number of rotatable bonds is 4. The average Bonchev–Trinajstić information content (AvgIpc) is 3.36. The first-order chi connectivity index (χ1) is 12.8. The predicted octanol–water partition coefficient (Wildman–Crippen LogP) is 3.77. The van der Waals surface area contributed by atoms with E-state index < -0.39 is 0 Å². The number of pyridine rings is 2. The molecule has 1 aliphatic heterocycles. The smallest absolute Gasteiger partial charge is 0.179 e. The molecule has 0 aromatic carbocycles. The minimum atomic E-state index is -0.127. The number of fused-ring (bicyclic) bond motifs is 2. The quantitative estimate of drug-likeness (QED) is 0.581. The highest BCUT2D eigenvalue weighted by atomic mass is 16.5. The second kappa shape index (κ2) is 5.73. The molecule has 0 spiro atoms. The normalized spacial score (nSPS) is 15.5. The fourth-order valence-electron chi connectivity index (χ4n) is 3.00. The summed E-state index contributed by atoms with van der Waals surface area (Å²) in [4.78, 5) is 8.74. The molecule has 0 aliphatic carbocycles. The van der Waals surface area contributed by atoms with E-state index >= 15 is 0 Å². The second-order valence-corrected chi connectivity index (χ2v) is 6.10. The summed E-state index contributed by atoms with van der Waals surface area (Å²) in [6.45, 7) is 1.87. The molecule has 4 aromatic heterocycles. The van der Waals surface area contributed by atoms with Crippen molar-refractivity contribution in [1.29, 1.82) is 0 Å². The first kappa shape index (κ1) is 14.7. The molecule has 1 unspecified atom stereocenters. The third-order valence-electron chi connectivity index (χ3n) is 4.21. The van der Waals surface area contributed by atoms with Crippen LogP contribution < -0.4 is 5.32 Å². The fourth-order valence-corrected chi connectivity index (χ4v) is 3.00. The van der Waals surface area contributed by atoms with Crippen molar-refractivity contribution in [2.24, 2.45) is 10.2 Å². The molecule has 0 saturated heterocycles. The average molecular weight is 346 g/mol. The van der Waals surface area contributed by atoms with Crippen LogP contribution in [-0.2, 0) is 6.42 Å². The Labute approximate surface area is 147 Å². The maximum Gasteiger partial charge on any atom is 0.179 e. The lowest BCUT2D eigenvalue weighted by Gasteiger charge is -2.08. The number of nitrogens with zero attached hydrogens (tertiary/aromatic N) is 6. The SMILES string of the molecule is Cc1cc(CC2N=Nc3ncc(Nc4n[nH]c5cccnc45)cc32)no1. The lowest BCUT2D eigenvalue weighted by molar-refractivity contribution is 0.388. The van der Waals surface area contributed by atoms with Crippen molar-refractivity contribution in [2.75, 3.05) is 5.32 Å². The standard InChI is InChI=1S/C17H14N8O/c1-9-5-10(25-26-9)7-14-12-6-11(8-19-16(12)23-22-14)20-17-15-13(21-24-17)3-2-4-18-15/h2-6,8,14H,7H2,1H3,(H2,20,21,24). The van der Waals surface area contributed by atoms with Crippen LogP contribution in [0.2, 0.25) is 0 Å². The highest BCUT2D eigenvalue weighted by Gasteiger charge is 2.24. The highest BCUT2D eigenvalue weighted by molar-refractivity contribution is 5.87. The zero-order valence-corrected chi connectivity index (χ0v) is 13.8. The van der Waals surface area contributed by atoms with E-state index in [0.717, 1.165) is 33.7 Å². The lowest BCUT2D eigenvalue weighted by atomic mass is 10.0. The Kier molecular flexibility index (Phi) is 3.24. The number of aromatic amines is 1. The Morgan fingerprint density at radius 1 is 1.27 bits per heavy atom. The molecule has 0 radical (unpaired) electrons. The van der Waals surface area contributed by atoms with E-state index in [2.05, 4.69) is 40.9 Å². The summed E-state index contributed by atoms with van der Waals surface area (Å²) in [5.74, 6) is 2.06. The lowest BCUT2D eigenvalue weighted by Crippen LogP contribution is -2.00. The summed E-state index contributed by atoms with van der Waals surface area (Å²) in [5.41, 5.74) is 4.24. The number of aromatic nitrogens is 5. The van der Waals surface area contributed by atoms with Gasteiger partial charge >= 0.3 is 0 Å². The van der Waals surface area contributed by atoms with E-state index in [1.54, 1.807) is 12.4 Å². The number of H-pyrrole nitrogens is 1. The second-order valence-electron chi connectivity index (χ2n) is 6.10. The number of anilines is 2. The first-order valence-electron chi connectivity index (χ1n) is 8.15. The maximum atomic E-state index is 5.13. The summed E-state index contributed by atoms with van der Waals surface area (Å²) < 4.78 is 5.13. The summed E-state index contributed by atoms with van der Waals surface area (Å²) in [6, 6.07) is 7.56. The Hall–Kier alpha value is -3.62. The fraction of sp³-hybridized carbons (Fsp3) is 0.176. The van der Waals surface area contributed by atoms with Gasteiger partial charge in [-0.15, -0.1) is 5.11 Å². The zero-order chi connectivity index (χ0) is 17.5. The number of hydrogen-bond donors (Lipinski definition) is 2. The van der Waals surface area contributed by atoms with Crippen LogP contribution in [0.25, 0.3) is 11.0 Å². The Balaban J connectivity index is 1.43. The van der Waals surface area contributed by atoms with Crippen LogP contribution in [0.1, 0.15) is 23.1 Å². The number of aryl methyl sites for hydroxylation is 1. The molecular formula is C17H14N8O. The number of hydrogen-bond acceptors (Lipinski definition) is 8. The van der Waals surface area contributed by atoms with E-state index in [0.29, 0.717) is 18.1 Å². The van der Waals surface area contributed by atoms with Crippen molar-refractivity contribution < 1.29 is 4.52 Å². The van der Waals surface area contributed by atoms with Gasteiger partial charge in [0, 0.05) is 24.2 Å². The molecule has 0 fully saturated rings. The van der Waals surface area contributed by atoms with Gasteiger partial charge < -0.3 is 9.84 Å². The van der Waals surface area contributed by atoms with Crippen LogP contribution in [0.15, 0.2) is 51.4 Å². The van der Waals surface area contributed by atoms with Crippen LogP contribution in [0, 0.1) is 6.92 Å². The van der Waals surface area contributed by atoms with Crippen LogP contribution in [-0.4, -0.2) is 25.3 Å². The van der Waals surface area contributed by atoms with Crippen molar-refractivity contribution in [1.82, 2.24) is 25.3 Å². The van der Waals surface area contributed by atoms with Gasteiger partial charge in [0.1, 0.15) is 17.3 Å². The molecule has 5 heterocycles. The molecule has 0 bridgehead atoms. The largest absolute Gasteiger partial charge is 0.361 e. The van der Waals surface area contributed by atoms with Crippen LogP contribution in [0.5, 0.6) is 0 Å². The molecule has 26 heavy (non-hydrogen) atoms. The summed E-state index contributed by atoms with van der Waals surface area (Å²) >= 11 is 0. The van der Waals surface area contributed by atoms with E-state index in [1.807, 2.05) is 31.2 Å². The van der Waals surface area contributed by atoms with Crippen molar-refractivity contribution in [3.8, 4) is 0 Å². The van der Waals surface area contributed by atoms with Crippen molar-refractivity contribution in [3.63, 3.8) is 0 Å². The van der Waals surface area contributed by atoms with Gasteiger partial charge in [-0.25, -0.2) is 4.98 Å². The topological polar surface area (TPSA) is 117 Å². The Morgan fingerprint density at radius 3 is 3.12 bits per heavy atom. The Morgan fingerprint density at radius 2 is 2.23 bits per heavy atom. The molecule has 1 aliphatic rings. The molecule has 5 rings (SSSR count). The molecule has 1 atom stereocenters. The van der Waals surface area contributed by atoms with Gasteiger partial charge in [0.15, 0.2) is 11.6 Å². The third kappa shape index (κ3) is 2.50. The van der Waals surface area contributed by atoms with Gasteiger partial charge in [-0.05, 0) is 25.1 Å². The summed E-state index contributed by atoms with van der Waals surface area (Å²) in [5, 5.41) is 23.0. The van der Waals surface area contributed by atoms with Crippen molar-refractivity contribution in [3.05, 3.63) is 53.7 Å². The summed E-state index contributed by atoms with van der Waals surface area (Å²) in [7, 11) is 0. The minimum absolute atomic E-state index is 0.127. The van der Waals surface area contributed by atoms with E-state index in [9.17, 15) is 0 Å². The monoisotopic (exact) mass is 346 g/mol. The molecule has 4 aromatic rings. The van der Waals surface area contributed by atoms with Gasteiger partial charge in [-0.3, -0.25) is 10.1 Å². The van der Waals surface area contributed by atoms with E-state index in [-0.39, 0.29) is 6.04 Å². The van der Waals surface area contributed by atoms with Gasteiger partial charge in [0.05, 0.1) is 23.1 Å². The first-order valence-corrected chi connectivity index (χ1v) is 8.15. The Bertz CT molecular complexity index is 1130. The minimum Gasteiger partial charge on any atom is -0.361 e. The van der Waals surface area contributed by atoms with Crippen LogP contribution in [0.3, 0.4) is 0 Å². The molecule has 9 heteroatoms. The van der Waals surface area contributed by atoms with Crippen molar-refractivity contribution in [2.45, 2.75) is 19.4 Å². The molecule has 128 valence electrons. The van der Waals surface area contributed by atoms with E-state index in [4.69, 9.17) is 4.52 Å². The number of nitrogens with one attached hydrogen (secondary N) is 2. The third-order valence-corrected chi connectivity index (χ3v) is 4.21. The molecule has 0 saturated carbocycles. The molecule has 9 nitrogen and oxygen atoms in total. The van der Waals surface area contributed by atoms with Gasteiger partial charge in [-0.2, -0.15) is 10.2 Å². The van der Waals surface area contributed by atoms with Gasteiger partial charge in [0.2, 0.25) is 0 Å². The molecular weight excluding hydrogens is 332 g/mol. The molecule has 2 N–H and O–H groups in total. The van der Waals surface area contributed by atoms with Gasteiger partial charge in [-0.1, -0.05) is 5.16 Å². The number of azo groups is 1. The predicted molar refractivity (Wildman–Crippen MR) is 93.6 cm³/mol. The van der Waals surface area contributed by atoms with Gasteiger partial charge in [0.25, 0.3) is 0 Å². The zero-order valence-electron chi connectivity index (χ0n) is 13.8. The highest BCUT2D eigenvalue weighted by Crippen LogP contribution is 2.37. The van der Waals surface area contributed by atoms with Crippen molar-refractivity contribution >= 4 is 28.4 Å².